The first kappa shape index (κ1) is 17.9. The van der Waals surface area contributed by atoms with Gasteiger partial charge in [0.05, 0.1) is 5.75 Å². The predicted octanol–water partition coefficient (Wildman–Crippen LogP) is 2.04. The lowest BCUT2D eigenvalue weighted by Gasteiger charge is -2.48. The molecule has 0 bridgehead atoms. The van der Waals surface area contributed by atoms with Crippen LogP contribution in [0.3, 0.4) is 0 Å². The molecule has 1 aliphatic rings. The summed E-state index contributed by atoms with van der Waals surface area (Å²) in [5.41, 5.74) is 6.14. The van der Waals surface area contributed by atoms with Gasteiger partial charge < -0.3 is 5.73 Å². The van der Waals surface area contributed by atoms with Crippen molar-refractivity contribution in [2.45, 2.75) is 58.4 Å². The van der Waals surface area contributed by atoms with Crippen molar-refractivity contribution in [2.75, 3.05) is 31.1 Å². The minimum atomic E-state index is -2.90. The van der Waals surface area contributed by atoms with Gasteiger partial charge in [0.15, 0.2) is 9.84 Å². The van der Waals surface area contributed by atoms with Crippen LogP contribution in [-0.2, 0) is 9.84 Å². The molecule has 0 aromatic carbocycles. The number of hydrogen-bond donors (Lipinski definition) is 1. The Morgan fingerprint density at radius 3 is 2.50 bits per heavy atom. The van der Waals surface area contributed by atoms with Crippen molar-refractivity contribution >= 4 is 9.84 Å². The number of sulfone groups is 1. The van der Waals surface area contributed by atoms with E-state index in [1.165, 1.54) is 12.8 Å². The summed E-state index contributed by atoms with van der Waals surface area (Å²) in [4.78, 5) is 2.37. The first-order chi connectivity index (χ1) is 9.39. The molecule has 0 heterocycles. The summed E-state index contributed by atoms with van der Waals surface area (Å²) in [5.74, 6) is 1.19. The summed E-state index contributed by atoms with van der Waals surface area (Å²) in [6.07, 6.45) is 5.74. The van der Waals surface area contributed by atoms with E-state index in [0.717, 1.165) is 25.8 Å². The maximum absolute atomic E-state index is 11.8. The van der Waals surface area contributed by atoms with Crippen LogP contribution >= 0.6 is 0 Å². The van der Waals surface area contributed by atoms with Gasteiger partial charge in [-0.1, -0.05) is 33.6 Å². The van der Waals surface area contributed by atoms with E-state index in [0.29, 0.717) is 19.0 Å². The van der Waals surface area contributed by atoms with Crippen molar-refractivity contribution in [1.82, 2.24) is 4.90 Å². The normalized spacial score (nSPS) is 27.9. The van der Waals surface area contributed by atoms with Crippen molar-refractivity contribution in [3.63, 3.8) is 0 Å². The van der Waals surface area contributed by atoms with Crippen LogP contribution in [0.1, 0.15) is 52.9 Å². The van der Waals surface area contributed by atoms with Crippen LogP contribution in [0.4, 0.5) is 0 Å². The molecule has 2 unspecified atom stereocenters. The zero-order valence-electron chi connectivity index (χ0n) is 13.4. The molecule has 4 nitrogen and oxygen atoms in total. The van der Waals surface area contributed by atoms with Gasteiger partial charge in [-0.15, -0.1) is 0 Å². The molecule has 2 N–H and O–H groups in total. The molecule has 2 atom stereocenters. The summed E-state index contributed by atoms with van der Waals surface area (Å²) in [5, 5.41) is 0. The molecule has 0 amide bonds. The van der Waals surface area contributed by atoms with Gasteiger partial charge >= 0.3 is 0 Å². The zero-order valence-corrected chi connectivity index (χ0v) is 14.2. The average molecular weight is 304 g/mol. The largest absolute Gasteiger partial charge is 0.329 e. The topological polar surface area (TPSA) is 63.4 Å². The van der Waals surface area contributed by atoms with E-state index in [2.05, 4.69) is 18.7 Å². The predicted molar refractivity (Wildman–Crippen MR) is 85.6 cm³/mol. The Morgan fingerprint density at radius 1 is 1.30 bits per heavy atom. The molecule has 1 saturated carbocycles. The molecule has 5 heteroatoms. The van der Waals surface area contributed by atoms with E-state index in [9.17, 15) is 8.42 Å². The van der Waals surface area contributed by atoms with E-state index >= 15 is 0 Å². The molecule has 0 aliphatic heterocycles. The van der Waals surface area contributed by atoms with E-state index < -0.39 is 9.84 Å². The minimum absolute atomic E-state index is 0.0247. The third-order valence-corrected chi connectivity index (χ3v) is 6.41. The third kappa shape index (κ3) is 4.71. The standard InChI is InChI=1S/C15H32N2O2S/c1-4-9-17(10-11-20(18,19)5-2)15(13-16)8-6-7-14(3)12-15/h14H,4-13,16H2,1-3H3. The highest BCUT2D eigenvalue weighted by Crippen LogP contribution is 2.36. The highest BCUT2D eigenvalue weighted by molar-refractivity contribution is 7.91. The van der Waals surface area contributed by atoms with Gasteiger partial charge in [-0.2, -0.15) is 0 Å². The second kappa shape index (κ2) is 7.76. The quantitative estimate of drug-likeness (QED) is 0.745. The van der Waals surface area contributed by atoms with Gasteiger partial charge in [0.25, 0.3) is 0 Å². The lowest BCUT2D eigenvalue weighted by Crippen LogP contribution is -2.57. The molecule has 1 fully saturated rings. The number of rotatable bonds is 8. The molecule has 20 heavy (non-hydrogen) atoms. The van der Waals surface area contributed by atoms with E-state index in [-0.39, 0.29) is 17.0 Å². The fourth-order valence-electron chi connectivity index (χ4n) is 3.48. The van der Waals surface area contributed by atoms with Gasteiger partial charge in [0, 0.05) is 24.4 Å². The molecule has 0 radical (unpaired) electrons. The van der Waals surface area contributed by atoms with Gasteiger partial charge in [0.1, 0.15) is 0 Å². The van der Waals surface area contributed by atoms with Crippen LogP contribution in [0, 0.1) is 5.92 Å². The highest BCUT2D eigenvalue weighted by Gasteiger charge is 2.38. The molecule has 0 spiro atoms. The van der Waals surface area contributed by atoms with E-state index in [1.807, 2.05) is 0 Å². The van der Waals surface area contributed by atoms with Crippen molar-refractivity contribution in [2.24, 2.45) is 11.7 Å². The first-order valence-corrected chi connectivity index (χ1v) is 9.87. The maximum atomic E-state index is 11.8. The Morgan fingerprint density at radius 2 is 2.00 bits per heavy atom. The molecule has 0 saturated heterocycles. The molecule has 0 aromatic heterocycles. The average Bonchev–Trinajstić information content (AvgIpc) is 2.43. The SMILES string of the molecule is CCCN(CCS(=O)(=O)CC)C1(CN)CCCC(C)C1. The summed E-state index contributed by atoms with van der Waals surface area (Å²) in [6.45, 7) is 8.38. The monoisotopic (exact) mass is 304 g/mol. The third-order valence-electron chi connectivity index (χ3n) is 4.72. The lowest BCUT2D eigenvalue weighted by molar-refractivity contribution is 0.0440. The Kier molecular flexibility index (Phi) is 6.95. The van der Waals surface area contributed by atoms with Crippen molar-refractivity contribution in [3.05, 3.63) is 0 Å². The Balaban J connectivity index is 2.81. The van der Waals surface area contributed by atoms with Crippen LogP contribution in [0.25, 0.3) is 0 Å². The molecule has 0 aromatic rings. The molecule has 1 aliphatic carbocycles. The molecular weight excluding hydrogens is 272 g/mol. The van der Waals surface area contributed by atoms with Crippen LogP contribution < -0.4 is 5.73 Å². The van der Waals surface area contributed by atoms with Gasteiger partial charge in [-0.05, 0) is 31.7 Å². The molecular formula is C15H32N2O2S. The fourth-order valence-corrected chi connectivity index (χ4v) is 4.27. The second-order valence-corrected chi connectivity index (χ2v) is 8.83. The van der Waals surface area contributed by atoms with Crippen molar-refractivity contribution in [1.29, 1.82) is 0 Å². The summed E-state index contributed by atoms with van der Waals surface area (Å²) < 4.78 is 23.6. The lowest BCUT2D eigenvalue weighted by atomic mass is 9.75. The van der Waals surface area contributed by atoms with E-state index in [1.54, 1.807) is 6.92 Å². The van der Waals surface area contributed by atoms with Gasteiger partial charge in [-0.25, -0.2) is 8.42 Å². The molecule has 120 valence electrons. The smallest absolute Gasteiger partial charge is 0.151 e. The zero-order chi connectivity index (χ0) is 15.2. The van der Waals surface area contributed by atoms with Crippen molar-refractivity contribution < 1.29 is 8.42 Å². The van der Waals surface area contributed by atoms with Crippen LogP contribution in [-0.4, -0.2) is 50.0 Å². The minimum Gasteiger partial charge on any atom is -0.329 e. The number of nitrogens with zero attached hydrogens (tertiary/aromatic N) is 1. The summed E-state index contributed by atoms with van der Waals surface area (Å²) >= 11 is 0. The van der Waals surface area contributed by atoms with E-state index in [4.69, 9.17) is 5.73 Å². The molecule has 1 rings (SSSR count). The number of hydrogen-bond acceptors (Lipinski definition) is 4. The van der Waals surface area contributed by atoms with Gasteiger partial charge in [-0.3, -0.25) is 4.90 Å². The Labute approximate surface area is 125 Å². The van der Waals surface area contributed by atoms with Gasteiger partial charge in [0.2, 0.25) is 0 Å². The fraction of sp³-hybridized carbons (Fsp3) is 1.00. The first-order valence-electron chi connectivity index (χ1n) is 8.04. The Bertz CT molecular complexity index is 383. The second-order valence-electron chi connectivity index (χ2n) is 6.35. The highest BCUT2D eigenvalue weighted by atomic mass is 32.2. The Hall–Kier alpha value is -0.130. The van der Waals surface area contributed by atoms with Crippen molar-refractivity contribution in [3.8, 4) is 0 Å². The van der Waals surface area contributed by atoms with Crippen LogP contribution in [0.5, 0.6) is 0 Å². The summed E-state index contributed by atoms with van der Waals surface area (Å²) in [6, 6.07) is 0. The number of nitrogens with two attached hydrogens (primary N) is 1. The van der Waals surface area contributed by atoms with Crippen LogP contribution in [0.15, 0.2) is 0 Å². The maximum Gasteiger partial charge on any atom is 0.151 e. The summed E-state index contributed by atoms with van der Waals surface area (Å²) in [7, 11) is -2.90. The van der Waals surface area contributed by atoms with Crippen LogP contribution in [0.2, 0.25) is 0 Å².